The normalized spacial score (nSPS) is 12.4. The zero-order valence-corrected chi connectivity index (χ0v) is 12.8. The van der Waals surface area contributed by atoms with Crippen LogP contribution in [0.4, 0.5) is 4.39 Å². The third kappa shape index (κ3) is 2.63. The predicted molar refractivity (Wildman–Crippen MR) is 76.9 cm³/mol. The first-order valence-electron chi connectivity index (χ1n) is 5.36. The van der Waals surface area contributed by atoms with E-state index in [2.05, 4.69) is 42.2 Å². The predicted octanol–water partition coefficient (Wildman–Crippen LogP) is 4.05. The molecule has 1 atom stereocenters. The lowest BCUT2D eigenvalue weighted by atomic mass is 10.0. The highest BCUT2D eigenvalue weighted by Gasteiger charge is 2.20. The molecule has 0 fully saturated rings. The molecule has 1 unspecified atom stereocenters. The lowest BCUT2D eigenvalue weighted by Gasteiger charge is -2.18. The summed E-state index contributed by atoms with van der Waals surface area (Å²) in [5, 5.41) is 3.09. The van der Waals surface area contributed by atoms with Gasteiger partial charge in [-0.2, -0.15) is 0 Å². The number of pyridine rings is 1. The SMILES string of the molecule is CNC(c1cccc(Br)c1F)c1ncccc1Br. The molecule has 1 heterocycles. The fourth-order valence-electron chi connectivity index (χ4n) is 1.79. The largest absolute Gasteiger partial charge is 0.308 e. The third-order valence-electron chi connectivity index (χ3n) is 2.64. The van der Waals surface area contributed by atoms with Crippen LogP contribution in [-0.2, 0) is 0 Å². The number of benzene rings is 1. The van der Waals surface area contributed by atoms with E-state index in [0.717, 1.165) is 10.2 Å². The van der Waals surface area contributed by atoms with Gasteiger partial charge in [-0.1, -0.05) is 12.1 Å². The summed E-state index contributed by atoms with van der Waals surface area (Å²) in [4.78, 5) is 4.31. The number of rotatable bonds is 3. The molecule has 5 heteroatoms. The first-order chi connectivity index (χ1) is 8.65. The lowest BCUT2D eigenvalue weighted by molar-refractivity contribution is 0.564. The van der Waals surface area contributed by atoms with E-state index in [1.807, 2.05) is 18.2 Å². The van der Waals surface area contributed by atoms with Crippen LogP contribution in [0.1, 0.15) is 17.3 Å². The highest BCUT2D eigenvalue weighted by molar-refractivity contribution is 9.10. The van der Waals surface area contributed by atoms with Gasteiger partial charge in [-0.3, -0.25) is 4.98 Å². The van der Waals surface area contributed by atoms with Crippen LogP contribution in [0.2, 0.25) is 0 Å². The molecule has 18 heavy (non-hydrogen) atoms. The maximum absolute atomic E-state index is 14.1. The van der Waals surface area contributed by atoms with Crippen molar-refractivity contribution in [3.05, 3.63) is 62.5 Å². The Bertz CT molecular complexity index is 560. The number of aromatic nitrogens is 1. The summed E-state index contributed by atoms with van der Waals surface area (Å²) in [5.41, 5.74) is 1.32. The van der Waals surface area contributed by atoms with E-state index in [1.54, 1.807) is 25.4 Å². The second-order valence-electron chi connectivity index (χ2n) is 3.74. The summed E-state index contributed by atoms with van der Waals surface area (Å²) in [5.74, 6) is -0.269. The molecule has 1 N–H and O–H groups in total. The van der Waals surface area contributed by atoms with Crippen LogP contribution in [0.5, 0.6) is 0 Å². The second-order valence-corrected chi connectivity index (χ2v) is 5.44. The zero-order valence-electron chi connectivity index (χ0n) is 9.62. The van der Waals surface area contributed by atoms with Gasteiger partial charge in [0.05, 0.1) is 16.2 Å². The van der Waals surface area contributed by atoms with Gasteiger partial charge in [0.2, 0.25) is 0 Å². The van der Waals surface area contributed by atoms with Gasteiger partial charge in [-0.05, 0) is 57.1 Å². The molecule has 2 nitrogen and oxygen atoms in total. The first-order valence-corrected chi connectivity index (χ1v) is 6.95. The van der Waals surface area contributed by atoms with E-state index in [9.17, 15) is 4.39 Å². The van der Waals surface area contributed by atoms with Crippen LogP contribution in [0, 0.1) is 5.82 Å². The van der Waals surface area contributed by atoms with Crippen molar-refractivity contribution in [1.82, 2.24) is 10.3 Å². The average Bonchev–Trinajstić information content (AvgIpc) is 2.37. The van der Waals surface area contributed by atoms with E-state index in [4.69, 9.17) is 0 Å². The van der Waals surface area contributed by atoms with Crippen molar-refractivity contribution in [3.8, 4) is 0 Å². The molecule has 1 aromatic carbocycles. The van der Waals surface area contributed by atoms with Crippen molar-refractivity contribution < 1.29 is 4.39 Å². The minimum absolute atomic E-state index is 0.269. The van der Waals surface area contributed by atoms with E-state index < -0.39 is 0 Å². The Labute approximate surface area is 122 Å². The van der Waals surface area contributed by atoms with Crippen LogP contribution >= 0.6 is 31.9 Å². The average molecular weight is 374 g/mol. The molecule has 0 saturated heterocycles. The molecule has 0 radical (unpaired) electrons. The van der Waals surface area contributed by atoms with Gasteiger partial charge in [-0.15, -0.1) is 0 Å². The van der Waals surface area contributed by atoms with Gasteiger partial charge in [0, 0.05) is 16.2 Å². The van der Waals surface area contributed by atoms with Crippen LogP contribution in [0.3, 0.4) is 0 Å². The summed E-state index contributed by atoms with van der Waals surface area (Å²) in [6, 6.07) is 8.67. The van der Waals surface area contributed by atoms with Gasteiger partial charge in [0.15, 0.2) is 0 Å². The maximum atomic E-state index is 14.1. The highest BCUT2D eigenvalue weighted by Crippen LogP contribution is 2.30. The molecule has 2 rings (SSSR count). The van der Waals surface area contributed by atoms with Crippen LogP contribution in [0.25, 0.3) is 0 Å². The minimum atomic E-state index is -0.293. The monoisotopic (exact) mass is 372 g/mol. The van der Waals surface area contributed by atoms with Crippen molar-refractivity contribution in [2.24, 2.45) is 0 Å². The second kappa shape index (κ2) is 5.91. The molecule has 0 aliphatic heterocycles. The van der Waals surface area contributed by atoms with Gasteiger partial charge in [-0.25, -0.2) is 4.39 Å². The quantitative estimate of drug-likeness (QED) is 0.877. The van der Waals surface area contributed by atoms with Crippen molar-refractivity contribution >= 4 is 31.9 Å². The molecule has 0 amide bonds. The minimum Gasteiger partial charge on any atom is -0.308 e. The number of halogens is 3. The first kappa shape index (κ1) is 13.6. The fraction of sp³-hybridized carbons (Fsp3) is 0.154. The standard InChI is InChI=1S/C13H11Br2FN2/c1-17-12(13-10(15)6-3-7-18-13)8-4-2-5-9(14)11(8)16/h2-7,12,17H,1H3. The Morgan fingerprint density at radius 3 is 2.56 bits per heavy atom. The molecular weight excluding hydrogens is 363 g/mol. The smallest absolute Gasteiger partial charge is 0.142 e. The van der Waals surface area contributed by atoms with Crippen LogP contribution in [-0.4, -0.2) is 12.0 Å². The Balaban J connectivity index is 2.53. The van der Waals surface area contributed by atoms with Crippen molar-refractivity contribution in [1.29, 1.82) is 0 Å². The topological polar surface area (TPSA) is 24.9 Å². The Morgan fingerprint density at radius 2 is 1.89 bits per heavy atom. The Morgan fingerprint density at radius 1 is 1.17 bits per heavy atom. The van der Waals surface area contributed by atoms with Crippen LogP contribution in [0.15, 0.2) is 45.5 Å². The zero-order chi connectivity index (χ0) is 13.1. The molecule has 94 valence electrons. The van der Waals surface area contributed by atoms with Crippen molar-refractivity contribution in [3.63, 3.8) is 0 Å². The number of nitrogens with zero attached hydrogens (tertiary/aromatic N) is 1. The highest BCUT2D eigenvalue weighted by atomic mass is 79.9. The van der Waals surface area contributed by atoms with Gasteiger partial charge >= 0.3 is 0 Å². The Hall–Kier alpha value is -0.780. The molecule has 1 aromatic heterocycles. The summed E-state index contributed by atoms with van der Waals surface area (Å²) >= 11 is 6.64. The third-order valence-corrected chi connectivity index (χ3v) is 3.92. The molecular formula is C13H11Br2FN2. The van der Waals surface area contributed by atoms with Crippen molar-refractivity contribution in [2.45, 2.75) is 6.04 Å². The van der Waals surface area contributed by atoms with Crippen LogP contribution < -0.4 is 5.32 Å². The molecule has 0 aliphatic rings. The molecule has 2 aromatic rings. The molecule has 0 bridgehead atoms. The van der Waals surface area contributed by atoms with E-state index in [0.29, 0.717) is 10.0 Å². The van der Waals surface area contributed by atoms with E-state index >= 15 is 0 Å². The van der Waals surface area contributed by atoms with Gasteiger partial charge in [0.25, 0.3) is 0 Å². The maximum Gasteiger partial charge on any atom is 0.142 e. The van der Waals surface area contributed by atoms with Gasteiger partial charge in [0.1, 0.15) is 5.82 Å². The van der Waals surface area contributed by atoms with Crippen molar-refractivity contribution in [2.75, 3.05) is 7.05 Å². The summed E-state index contributed by atoms with van der Waals surface area (Å²) in [7, 11) is 1.78. The number of hydrogen-bond acceptors (Lipinski definition) is 2. The summed E-state index contributed by atoms with van der Waals surface area (Å²) in [6.45, 7) is 0. The van der Waals surface area contributed by atoms with E-state index in [-0.39, 0.29) is 11.9 Å². The molecule has 0 aliphatic carbocycles. The summed E-state index contributed by atoms with van der Waals surface area (Å²) in [6.07, 6.45) is 1.69. The molecule has 0 saturated carbocycles. The van der Waals surface area contributed by atoms with Gasteiger partial charge < -0.3 is 5.32 Å². The fourth-order valence-corrected chi connectivity index (χ4v) is 2.66. The number of hydrogen-bond donors (Lipinski definition) is 1. The Kier molecular flexibility index (Phi) is 4.48. The number of nitrogens with one attached hydrogen (secondary N) is 1. The van der Waals surface area contributed by atoms with E-state index in [1.165, 1.54) is 0 Å². The molecule has 0 spiro atoms. The summed E-state index contributed by atoms with van der Waals surface area (Å²) < 4.78 is 15.4. The lowest BCUT2D eigenvalue weighted by Crippen LogP contribution is -2.20.